The van der Waals surface area contributed by atoms with E-state index in [2.05, 4.69) is 22.3 Å². The number of nitrogens with zero attached hydrogens (tertiary/aromatic N) is 1. The van der Waals surface area contributed by atoms with Gasteiger partial charge in [-0.15, -0.1) is 11.8 Å². The molecule has 5 heteroatoms. The molecule has 2 rings (SSSR count). The molecule has 1 aromatic carbocycles. The van der Waals surface area contributed by atoms with Crippen LogP contribution in [0.1, 0.15) is 25.7 Å². The van der Waals surface area contributed by atoms with E-state index >= 15 is 0 Å². The van der Waals surface area contributed by atoms with E-state index in [4.69, 9.17) is 23.8 Å². The lowest BCUT2D eigenvalue weighted by Crippen LogP contribution is -2.41. The molecule has 0 atom stereocenters. The molecule has 0 amide bonds. The fraction of sp³-hybridized carbons (Fsp3) is 0.533. The second-order valence-corrected chi connectivity index (χ2v) is 6.93. The molecule has 1 N–H and O–H groups in total. The maximum Gasteiger partial charge on any atom is 0.168 e. The van der Waals surface area contributed by atoms with Crippen molar-refractivity contribution in [3.8, 4) is 0 Å². The number of halogens is 1. The third-order valence-corrected chi connectivity index (χ3v) is 5.02. The zero-order chi connectivity index (χ0) is 14.2. The Morgan fingerprint density at radius 2 is 1.80 bits per heavy atom. The van der Waals surface area contributed by atoms with Crippen LogP contribution in [0.5, 0.6) is 0 Å². The minimum absolute atomic E-state index is 0.787. The molecule has 0 spiro atoms. The molecule has 0 bridgehead atoms. The molecule has 1 aliphatic rings. The minimum atomic E-state index is 0.787. The summed E-state index contributed by atoms with van der Waals surface area (Å²) in [6, 6.07) is 7.97. The summed E-state index contributed by atoms with van der Waals surface area (Å²) in [5, 5.41) is 5.08. The lowest BCUT2D eigenvalue weighted by atomic mass is 10.2. The van der Waals surface area contributed by atoms with E-state index in [1.807, 2.05) is 23.9 Å². The Bertz CT molecular complexity index is 414. The van der Waals surface area contributed by atoms with Gasteiger partial charge in [-0.25, -0.2) is 0 Å². The molecule has 1 heterocycles. The van der Waals surface area contributed by atoms with Gasteiger partial charge < -0.3 is 10.2 Å². The van der Waals surface area contributed by atoms with Crippen LogP contribution in [0.4, 0.5) is 0 Å². The molecule has 0 unspecified atom stereocenters. The highest BCUT2D eigenvalue weighted by Crippen LogP contribution is 2.19. The van der Waals surface area contributed by atoms with Crippen LogP contribution in [0, 0.1) is 0 Å². The van der Waals surface area contributed by atoms with Crippen molar-refractivity contribution in [3.63, 3.8) is 0 Å². The van der Waals surface area contributed by atoms with Crippen LogP contribution in [-0.4, -0.2) is 35.4 Å². The largest absolute Gasteiger partial charge is 0.362 e. The fourth-order valence-corrected chi connectivity index (χ4v) is 3.42. The highest BCUT2D eigenvalue weighted by atomic mass is 35.5. The lowest BCUT2D eigenvalue weighted by Gasteiger charge is -2.23. The van der Waals surface area contributed by atoms with Crippen molar-refractivity contribution < 1.29 is 0 Å². The van der Waals surface area contributed by atoms with Crippen molar-refractivity contribution in [2.45, 2.75) is 30.6 Å². The molecule has 2 nitrogen and oxygen atoms in total. The molecular weight excluding hydrogens is 308 g/mol. The van der Waals surface area contributed by atoms with Crippen LogP contribution in [0.3, 0.4) is 0 Å². The third kappa shape index (κ3) is 5.51. The number of hydrogen-bond acceptors (Lipinski definition) is 2. The molecule has 1 aromatic rings. The lowest BCUT2D eigenvalue weighted by molar-refractivity contribution is 0.428. The van der Waals surface area contributed by atoms with Crippen LogP contribution >= 0.6 is 35.6 Å². The van der Waals surface area contributed by atoms with Crippen molar-refractivity contribution in [1.82, 2.24) is 10.2 Å². The van der Waals surface area contributed by atoms with E-state index in [0.29, 0.717) is 0 Å². The average molecular weight is 329 g/mol. The van der Waals surface area contributed by atoms with E-state index in [9.17, 15) is 0 Å². The normalized spacial score (nSPS) is 15.8. The quantitative estimate of drug-likeness (QED) is 0.506. The van der Waals surface area contributed by atoms with Crippen LogP contribution < -0.4 is 5.32 Å². The van der Waals surface area contributed by atoms with Crippen molar-refractivity contribution in [2.24, 2.45) is 0 Å². The monoisotopic (exact) mass is 328 g/mol. The summed E-state index contributed by atoms with van der Waals surface area (Å²) in [4.78, 5) is 3.56. The minimum Gasteiger partial charge on any atom is -0.362 e. The van der Waals surface area contributed by atoms with Gasteiger partial charge in [0.15, 0.2) is 5.11 Å². The van der Waals surface area contributed by atoms with Crippen LogP contribution in [-0.2, 0) is 0 Å². The fourth-order valence-electron chi connectivity index (χ4n) is 2.24. The molecule has 1 fully saturated rings. The zero-order valence-corrected chi connectivity index (χ0v) is 14.0. The summed E-state index contributed by atoms with van der Waals surface area (Å²) in [5.74, 6) is 1.01. The van der Waals surface area contributed by atoms with Gasteiger partial charge in [0.05, 0.1) is 0 Å². The van der Waals surface area contributed by atoms with Crippen molar-refractivity contribution in [3.05, 3.63) is 29.3 Å². The first-order valence-corrected chi connectivity index (χ1v) is 8.94. The predicted molar refractivity (Wildman–Crippen MR) is 92.8 cm³/mol. The molecule has 0 aromatic heterocycles. The molecular formula is C15H21ClN2S2. The highest BCUT2D eigenvalue weighted by Gasteiger charge is 2.11. The summed E-state index contributed by atoms with van der Waals surface area (Å²) in [7, 11) is 0. The summed E-state index contributed by atoms with van der Waals surface area (Å²) in [6.07, 6.45) is 5.21. The number of benzene rings is 1. The number of rotatable bonds is 4. The van der Waals surface area contributed by atoms with Crippen molar-refractivity contribution in [1.29, 1.82) is 0 Å². The predicted octanol–water partition coefficient (Wildman–Crippen LogP) is 4.18. The van der Waals surface area contributed by atoms with Gasteiger partial charge in [0, 0.05) is 35.3 Å². The van der Waals surface area contributed by atoms with Crippen LogP contribution in [0.15, 0.2) is 29.2 Å². The summed E-state index contributed by atoms with van der Waals surface area (Å²) < 4.78 is 0. The van der Waals surface area contributed by atoms with E-state index in [1.165, 1.54) is 30.6 Å². The second kappa shape index (κ2) is 8.75. The standard InChI is InChI=1S/C15H21ClN2S2/c16-13-5-7-14(8-6-13)20-12-9-17-15(19)18-10-3-1-2-4-11-18/h5-8H,1-4,9-12H2,(H,17,19). The second-order valence-electron chi connectivity index (χ2n) is 4.94. The molecule has 0 aliphatic carbocycles. The Balaban J connectivity index is 1.64. The molecule has 1 aliphatic heterocycles. The zero-order valence-electron chi connectivity index (χ0n) is 11.6. The molecule has 1 saturated heterocycles. The number of likely N-dealkylation sites (tertiary alicyclic amines) is 1. The van der Waals surface area contributed by atoms with E-state index < -0.39 is 0 Å². The van der Waals surface area contributed by atoms with Gasteiger partial charge in [0.2, 0.25) is 0 Å². The first-order chi connectivity index (χ1) is 9.75. The van der Waals surface area contributed by atoms with Crippen molar-refractivity contribution >= 4 is 40.7 Å². The number of thioether (sulfide) groups is 1. The third-order valence-electron chi connectivity index (χ3n) is 3.35. The highest BCUT2D eigenvalue weighted by molar-refractivity contribution is 7.99. The van der Waals surface area contributed by atoms with Gasteiger partial charge in [0.1, 0.15) is 0 Å². The van der Waals surface area contributed by atoms with Crippen molar-refractivity contribution in [2.75, 3.05) is 25.4 Å². The van der Waals surface area contributed by atoms with Crippen LogP contribution in [0.25, 0.3) is 0 Å². The van der Waals surface area contributed by atoms with Gasteiger partial charge in [0.25, 0.3) is 0 Å². The maximum atomic E-state index is 5.87. The SMILES string of the molecule is S=C(NCCSc1ccc(Cl)cc1)N1CCCCCC1. The Kier molecular flexibility index (Phi) is 6.97. The van der Waals surface area contributed by atoms with Gasteiger partial charge >= 0.3 is 0 Å². The first-order valence-electron chi connectivity index (χ1n) is 7.17. The number of nitrogens with one attached hydrogen (secondary N) is 1. The van der Waals surface area contributed by atoms with Gasteiger partial charge in [-0.3, -0.25) is 0 Å². The van der Waals surface area contributed by atoms with E-state index in [1.54, 1.807) is 0 Å². The molecule has 20 heavy (non-hydrogen) atoms. The Morgan fingerprint density at radius 3 is 2.45 bits per heavy atom. The van der Waals surface area contributed by atoms with Gasteiger partial charge in [-0.05, 0) is 49.3 Å². The van der Waals surface area contributed by atoms with E-state index in [-0.39, 0.29) is 0 Å². The Labute approximate surface area is 136 Å². The maximum absolute atomic E-state index is 5.87. The smallest absolute Gasteiger partial charge is 0.168 e. The molecule has 0 saturated carbocycles. The summed E-state index contributed by atoms with van der Waals surface area (Å²) in [5.41, 5.74) is 0. The first kappa shape index (κ1) is 15.9. The average Bonchev–Trinajstić information content (AvgIpc) is 2.74. The number of thiocarbonyl (C=S) groups is 1. The molecule has 0 radical (unpaired) electrons. The summed E-state index contributed by atoms with van der Waals surface area (Å²) in [6.45, 7) is 3.12. The van der Waals surface area contributed by atoms with Gasteiger partial charge in [-0.2, -0.15) is 0 Å². The summed E-state index contributed by atoms with van der Waals surface area (Å²) >= 11 is 13.2. The Hall–Kier alpha value is -0.450. The topological polar surface area (TPSA) is 15.3 Å². The van der Waals surface area contributed by atoms with E-state index in [0.717, 1.165) is 35.5 Å². The van der Waals surface area contributed by atoms with Crippen LogP contribution in [0.2, 0.25) is 5.02 Å². The molecule has 110 valence electrons. The Morgan fingerprint density at radius 1 is 1.15 bits per heavy atom. The number of hydrogen-bond donors (Lipinski definition) is 1. The van der Waals surface area contributed by atoms with Gasteiger partial charge in [-0.1, -0.05) is 24.4 Å².